The number of thioether (sulfide) groups is 1. The van der Waals surface area contributed by atoms with E-state index in [-0.39, 0.29) is 11.7 Å². The van der Waals surface area contributed by atoms with Crippen LogP contribution in [0.1, 0.15) is 18.2 Å². The average Bonchev–Trinajstić information content (AvgIpc) is 2.86. The highest BCUT2D eigenvalue weighted by molar-refractivity contribution is 8.00. The second-order valence-electron chi connectivity index (χ2n) is 4.15. The Bertz CT molecular complexity index is 569. The second kappa shape index (κ2) is 7.40. The van der Waals surface area contributed by atoms with Crippen LogP contribution in [0.5, 0.6) is 0 Å². The van der Waals surface area contributed by atoms with Gasteiger partial charge in [-0.2, -0.15) is 0 Å². The lowest BCUT2D eigenvalue weighted by atomic mass is 10.2. The Morgan fingerprint density at radius 3 is 2.85 bits per heavy atom. The summed E-state index contributed by atoms with van der Waals surface area (Å²) in [5.74, 6) is 0.513. The SMILES string of the molecule is CCNC(=O)Cc1csc(SCc2ccc(F)cc2)n1. The normalized spacial score (nSPS) is 10.5. The molecule has 2 aromatic rings. The number of nitrogens with zero attached hydrogens (tertiary/aromatic N) is 1. The van der Waals surface area contributed by atoms with Crippen LogP contribution in [-0.2, 0) is 17.0 Å². The zero-order chi connectivity index (χ0) is 14.4. The molecule has 3 nitrogen and oxygen atoms in total. The lowest BCUT2D eigenvalue weighted by Crippen LogP contribution is -2.24. The molecule has 1 amide bonds. The monoisotopic (exact) mass is 310 g/mol. The zero-order valence-electron chi connectivity index (χ0n) is 11.1. The Morgan fingerprint density at radius 2 is 2.15 bits per heavy atom. The predicted molar refractivity (Wildman–Crippen MR) is 80.5 cm³/mol. The number of amides is 1. The van der Waals surface area contributed by atoms with Crippen molar-refractivity contribution in [2.75, 3.05) is 6.54 Å². The van der Waals surface area contributed by atoms with Crippen molar-refractivity contribution in [2.45, 2.75) is 23.4 Å². The van der Waals surface area contributed by atoms with Crippen molar-refractivity contribution in [3.05, 3.63) is 46.7 Å². The van der Waals surface area contributed by atoms with E-state index < -0.39 is 0 Å². The van der Waals surface area contributed by atoms with E-state index >= 15 is 0 Å². The maximum absolute atomic E-state index is 12.8. The van der Waals surface area contributed by atoms with Crippen molar-refractivity contribution in [2.24, 2.45) is 0 Å². The van der Waals surface area contributed by atoms with Crippen molar-refractivity contribution in [1.29, 1.82) is 0 Å². The Kier molecular flexibility index (Phi) is 5.55. The Labute approximate surface area is 125 Å². The van der Waals surface area contributed by atoms with Crippen molar-refractivity contribution in [3.63, 3.8) is 0 Å². The van der Waals surface area contributed by atoms with Crippen molar-refractivity contribution < 1.29 is 9.18 Å². The molecule has 0 saturated carbocycles. The molecule has 0 atom stereocenters. The molecule has 106 valence electrons. The molecule has 0 unspecified atom stereocenters. The molecule has 0 fully saturated rings. The Balaban J connectivity index is 1.86. The van der Waals surface area contributed by atoms with Gasteiger partial charge in [0.25, 0.3) is 0 Å². The topological polar surface area (TPSA) is 42.0 Å². The minimum Gasteiger partial charge on any atom is -0.356 e. The molecule has 2 rings (SSSR count). The van der Waals surface area contributed by atoms with Gasteiger partial charge in [-0.3, -0.25) is 4.79 Å². The lowest BCUT2D eigenvalue weighted by molar-refractivity contribution is -0.120. The molecule has 20 heavy (non-hydrogen) atoms. The number of hydrogen-bond donors (Lipinski definition) is 1. The van der Waals surface area contributed by atoms with Gasteiger partial charge in [0, 0.05) is 17.7 Å². The van der Waals surface area contributed by atoms with Gasteiger partial charge in [0.1, 0.15) is 10.2 Å². The van der Waals surface area contributed by atoms with Crippen molar-refractivity contribution in [1.82, 2.24) is 10.3 Å². The number of aromatic nitrogens is 1. The van der Waals surface area contributed by atoms with E-state index in [2.05, 4.69) is 10.3 Å². The number of carbonyl (C=O) groups is 1. The number of thiazole rings is 1. The van der Waals surface area contributed by atoms with Crippen molar-refractivity contribution in [3.8, 4) is 0 Å². The number of carbonyl (C=O) groups excluding carboxylic acids is 1. The smallest absolute Gasteiger partial charge is 0.226 e. The Morgan fingerprint density at radius 1 is 1.40 bits per heavy atom. The summed E-state index contributed by atoms with van der Waals surface area (Å²) >= 11 is 3.12. The fourth-order valence-electron chi connectivity index (χ4n) is 1.59. The highest BCUT2D eigenvalue weighted by Gasteiger charge is 2.07. The van der Waals surface area contributed by atoms with Gasteiger partial charge < -0.3 is 5.32 Å². The molecule has 0 saturated heterocycles. The minimum atomic E-state index is -0.225. The summed E-state index contributed by atoms with van der Waals surface area (Å²) in [6, 6.07) is 6.45. The highest BCUT2D eigenvalue weighted by Crippen LogP contribution is 2.26. The summed E-state index contributed by atoms with van der Waals surface area (Å²) in [6.45, 7) is 2.53. The molecule has 1 heterocycles. The second-order valence-corrected chi connectivity index (χ2v) is 6.23. The zero-order valence-corrected chi connectivity index (χ0v) is 12.7. The number of nitrogens with one attached hydrogen (secondary N) is 1. The molecular formula is C14H15FN2OS2. The first kappa shape index (κ1) is 15.0. The first-order valence-corrected chi connectivity index (χ1v) is 8.12. The molecule has 0 aliphatic heterocycles. The first-order valence-electron chi connectivity index (χ1n) is 6.25. The summed E-state index contributed by atoms with van der Waals surface area (Å²) in [4.78, 5) is 15.9. The van der Waals surface area contributed by atoms with E-state index in [9.17, 15) is 9.18 Å². The van der Waals surface area contributed by atoms with E-state index in [1.54, 1.807) is 23.9 Å². The molecule has 0 spiro atoms. The van der Waals surface area contributed by atoms with Crippen LogP contribution < -0.4 is 5.32 Å². The molecule has 1 aromatic carbocycles. The van der Waals surface area contributed by atoms with Crippen molar-refractivity contribution >= 4 is 29.0 Å². The maximum Gasteiger partial charge on any atom is 0.226 e. The van der Waals surface area contributed by atoms with Crippen LogP contribution in [-0.4, -0.2) is 17.4 Å². The van der Waals surface area contributed by atoms with Crippen LogP contribution in [0.3, 0.4) is 0 Å². The number of halogens is 1. The lowest BCUT2D eigenvalue weighted by Gasteiger charge is -1.99. The van der Waals surface area contributed by atoms with E-state index in [0.29, 0.717) is 13.0 Å². The summed E-state index contributed by atoms with van der Waals surface area (Å²) < 4.78 is 13.7. The van der Waals surface area contributed by atoms with E-state index in [1.807, 2.05) is 12.3 Å². The van der Waals surface area contributed by atoms with E-state index in [4.69, 9.17) is 0 Å². The summed E-state index contributed by atoms with van der Waals surface area (Å²) in [7, 11) is 0. The van der Waals surface area contributed by atoms with Crippen LogP contribution in [0.4, 0.5) is 4.39 Å². The summed E-state index contributed by atoms with van der Waals surface area (Å²) in [6.07, 6.45) is 0.321. The molecule has 0 bridgehead atoms. The van der Waals surface area contributed by atoms with Gasteiger partial charge in [0.05, 0.1) is 12.1 Å². The summed E-state index contributed by atoms with van der Waals surface area (Å²) in [5.41, 5.74) is 1.85. The molecule has 6 heteroatoms. The molecule has 0 radical (unpaired) electrons. The third kappa shape index (κ3) is 4.61. The van der Waals surface area contributed by atoms with Gasteiger partial charge in [0.2, 0.25) is 5.91 Å². The van der Waals surface area contributed by atoms with Gasteiger partial charge in [0.15, 0.2) is 0 Å². The van der Waals surface area contributed by atoms with Gasteiger partial charge in [-0.1, -0.05) is 23.9 Å². The quantitative estimate of drug-likeness (QED) is 0.833. The summed E-state index contributed by atoms with van der Waals surface area (Å²) in [5, 5.41) is 4.65. The molecule has 0 aliphatic rings. The van der Waals surface area contributed by atoms with Gasteiger partial charge >= 0.3 is 0 Å². The van der Waals surface area contributed by atoms with Gasteiger partial charge in [-0.15, -0.1) is 11.3 Å². The molecule has 1 aromatic heterocycles. The maximum atomic E-state index is 12.8. The Hall–Kier alpha value is -1.40. The molecule has 0 aliphatic carbocycles. The van der Waals surface area contributed by atoms with Crippen LogP contribution in [0.2, 0.25) is 0 Å². The largest absolute Gasteiger partial charge is 0.356 e. The van der Waals surface area contributed by atoms with E-state index in [0.717, 1.165) is 21.3 Å². The number of likely N-dealkylation sites (N-methyl/N-ethyl adjacent to an activating group) is 1. The van der Waals surface area contributed by atoms with Crippen LogP contribution >= 0.6 is 23.1 Å². The number of rotatable bonds is 6. The molecular weight excluding hydrogens is 295 g/mol. The minimum absolute atomic E-state index is 0.00659. The van der Waals surface area contributed by atoms with Gasteiger partial charge in [-0.05, 0) is 24.6 Å². The number of hydrogen-bond acceptors (Lipinski definition) is 4. The average molecular weight is 310 g/mol. The standard InChI is InChI=1S/C14H15FN2OS2/c1-2-16-13(18)7-12-9-20-14(17-12)19-8-10-3-5-11(15)6-4-10/h3-6,9H,2,7-8H2,1H3,(H,16,18). The third-order valence-corrected chi connectivity index (χ3v) is 4.66. The number of benzene rings is 1. The van der Waals surface area contributed by atoms with Gasteiger partial charge in [-0.25, -0.2) is 9.37 Å². The third-order valence-electron chi connectivity index (χ3n) is 2.52. The predicted octanol–water partition coefficient (Wildman–Crippen LogP) is 3.25. The first-order chi connectivity index (χ1) is 9.67. The van der Waals surface area contributed by atoms with Crippen LogP contribution in [0.15, 0.2) is 34.0 Å². The highest BCUT2D eigenvalue weighted by atomic mass is 32.2. The van der Waals surface area contributed by atoms with E-state index in [1.165, 1.54) is 23.5 Å². The molecule has 1 N–H and O–H groups in total. The van der Waals surface area contributed by atoms with Crippen LogP contribution in [0, 0.1) is 5.82 Å². The fourth-order valence-corrected chi connectivity index (χ4v) is 3.39. The fraction of sp³-hybridized carbons (Fsp3) is 0.286. The van der Waals surface area contributed by atoms with Crippen LogP contribution in [0.25, 0.3) is 0 Å².